The molecule has 1 heterocycles. The lowest BCUT2D eigenvalue weighted by Gasteiger charge is -2.24. The van der Waals surface area contributed by atoms with Gasteiger partial charge in [0.1, 0.15) is 35.2 Å². The first-order valence-corrected chi connectivity index (χ1v) is 9.43. The summed E-state index contributed by atoms with van der Waals surface area (Å²) >= 11 is 1.44. The largest absolute Gasteiger partial charge is 0.508 e. The number of halogens is 1. The van der Waals surface area contributed by atoms with E-state index in [-0.39, 0.29) is 12.3 Å². The van der Waals surface area contributed by atoms with Gasteiger partial charge in [0.05, 0.1) is 16.8 Å². The van der Waals surface area contributed by atoms with Crippen LogP contribution in [0.5, 0.6) is 5.75 Å². The van der Waals surface area contributed by atoms with Crippen molar-refractivity contribution in [2.24, 2.45) is 0 Å². The molecule has 0 fully saturated rings. The Balaban J connectivity index is 1.62. The first-order chi connectivity index (χ1) is 13.4. The smallest absolute Gasteiger partial charge is 0.146 e. The van der Waals surface area contributed by atoms with Crippen LogP contribution in [0.2, 0.25) is 0 Å². The van der Waals surface area contributed by atoms with E-state index in [4.69, 9.17) is 5.11 Å². The Kier molecular flexibility index (Phi) is 6.42. The Morgan fingerprint density at radius 1 is 1.04 bits per heavy atom. The molecule has 0 aliphatic heterocycles. The summed E-state index contributed by atoms with van der Waals surface area (Å²) in [5.41, 5.74) is 2.26. The Bertz CT molecular complexity index is 920. The van der Waals surface area contributed by atoms with E-state index in [1.54, 1.807) is 30.3 Å². The van der Waals surface area contributed by atoms with Crippen LogP contribution in [0.25, 0.3) is 20.8 Å². The molecular weight excluding hydrogens is 387 g/mol. The molecule has 0 amide bonds. The topological polar surface area (TPSA) is 126 Å². The molecule has 150 valence electrons. The molecule has 0 saturated carbocycles. The first-order valence-electron chi connectivity index (χ1n) is 8.62. The van der Waals surface area contributed by atoms with Gasteiger partial charge in [0.2, 0.25) is 0 Å². The number of aromatic hydroxyl groups is 1. The van der Waals surface area contributed by atoms with Crippen molar-refractivity contribution < 1.29 is 29.9 Å². The van der Waals surface area contributed by atoms with Gasteiger partial charge in [0, 0.05) is 17.8 Å². The van der Waals surface area contributed by atoms with Crippen LogP contribution in [-0.4, -0.2) is 68.2 Å². The predicted molar refractivity (Wildman–Crippen MR) is 105 cm³/mol. The van der Waals surface area contributed by atoms with Crippen LogP contribution in [0.3, 0.4) is 0 Å². The van der Waals surface area contributed by atoms with Gasteiger partial charge in [0.25, 0.3) is 0 Å². The van der Waals surface area contributed by atoms with Gasteiger partial charge in [0.15, 0.2) is 0 Å². The number of rotatable bonds is 8. The first kappa shape index (κ1) is 20.4. The van der Waals surface area contributed by atoms with E-state index in [1.165, 1.54) is 11.3 Å². The van der Waals surface area contributed by atoms with Crippen molar-refractivity contribution in [1.82, 2.24) is 4.98 Å². The molecule has 0 saturated heterocycles. The number of nitrogens with zero attached hydrogens (tertiary/aromatic N) is 1. The molecule has 0 bridgehead atoms. The van der Waals surface area contributed by atoms with Gasteiger partial charge in [-0.3, -0.25) is 0 Å². The minimum atomic E-state index is -1.84. The van der Waals surface area contributed by atoms with E-state index in [9.17, 15) is 24.8 Å². The average molecular weight is 408 g/mol. The highest BCUT2D eigenvalue weighted by atomic mass is 32.1. The third kappa shape index (κ3) is 4.57. The van der Waals surface area contributed by atoms with Crippen molar-refractivity contribution in [2.75, 3.05) is 18.5 Å². The normalized spacial score (nSPS) is 15.9. The van der Waals surface area contributed by atoms with E-state index in [2.05, 4.69) is 10.3 Å². The zero-order valence-electron chi connectivity index (χ0n) is 14.7. The monoisotopic (exact) mass is 408 g/mol. The number of benzene rings is 2. The molecule has 2 aromatic carbocycles. The summed E-state index contributed by atoms with van der Waals surface area (Å²) < 4.78 is 14.9. The standard InChI is InChI=1S/C19H21FN2O5S/c20-13(17(26)18(27)15(25)9-23)8-21-11-3-1-10(2-4-11)19-22-14-6-5-12(24)7-16(14)28-19/h1-7,13,15,17-18,21,23-27H,8-9H2. The lowest BCUT2D eigenvalue weighted by molar-refractivity contribution is -0.0969. The number of aliphatic hydroxyl groups excluding tert-OH is 4. The number of alkyl halides is 1. The molecule has 0 aliphatic rings. The lowest BCUT2D eigenvalue weighted by atomic mass is 10.0. The highest BCUT2D eigenvalue weighted by Gasteiger charge is 2.31. The molecule has 6 N–H and O–H groups in total. The van der Waals surface area contributed by atoms with Crippen LogP contribution in [-0.2, 0) is 0 Å². The van der Waals surface area contributed by atoms with Crippen LogP contribution in [0.4, 0.5) is 10.1 Å². The summed E-state index contributed by atoms with van der Waals surface area (Å²) in [7, 11) is 0. The van der Waals surface area contributed by atoms with Crippen LogP contribution in [0, 0.1) is 0 Å². The number of aromatic nitrogens is 1. The maximum Gasteiger partial charge on any atom is 0.146 e. The van der Waals surface area contributed by atoms with Crippen molar-refractivity contribution in [2.45, 2.75) is 24.5 Å². The Morgan fingerprint density at radius 2 is 1.75 bits per heavy atom. The van der Waals surface area contributed by atoms with Crippen molar-refractivity contribution >= 4 is 27.2 Å². The zero-order valence-corrected chi connectivity index (χ0v) is 15.6. The second kappa shape index (κ2) is 8.80. The highest BCUT2D eigenvalue weighted by Crippen LogP contribution is 2.32. The number of hydrogen-bond acceptors (Lipinski definition) is 8. The number of fused-ring (bicyclic) bond motifs is 1. The summed E-state index contributed by atoms with van der Waals surface area (Å²) in [5, 5.41) is 50.4. The molecule has 28 heavy (non-hydrogen) atoms. The summed E-state index contributed by atoms with van der Waals surface area (Å²) in [4.78, 5) is 4.52. The number of nitrogens with one attached hydrogen (secondary N) is 1. The van der Waals surface area contributed by atoms with Gasteiger partial charge in [-0.05, 0) is 42.5 Å². The van der Waals surface area contributed by atoms with Crippen LogP contribution in [0.15, 0.2) is 42.5 Å². The minimum Gasteiger partial charge on any atom is -0.508 e. The van der Waals surface area contributed by atoms with E-state index < -0.39 is 31.1 Å². The molecule has 3 rings (SSSR count). The molecule has 7 nitrogen and oxygen atoms in total. The fourth-order valence-electron chi connectivity index (χ4n) is 2.65. The Hall–Kier alpha value is -2.30. The van der Waals surface area contributed by atoms with Gasteiger partial charge in [-0.15, -0.1) is 11.3 Å². The summed E-state index contributed by atoms with van der Waals surface area (Å²) in [6, 6.07) is 12.1. The lowest BCUT2D eigenvalue weighted by Crippen LogP contribution is -2.46. The fraction of sp³-hybridized carbons (Fsp3) is 0.316. The third-order valence-electron chi connectivity index (χ3n) is 4.31. The maximum atomic E-state index is 14.0. The SMILES string of the molecule is OCC(O)C(O)C(O)C(F)CNc1ccc(-c2nc3ccc(O)cc3s2)cc1. The second-order valence-electron chi connectivity index (χ2n) is 6.38. The molecule has 4 unspecified atom stereocenters. The fourth-order valence-corrected chi connectivity index (χ4v) is 3.66. The highest BCUT2D eigenvalue weighted by molar-refractivity contribution is 7.21. The van der Waals surface area contributed by atoms with Crippen molar-refractivity contribution in [1.29, 1.82) is 0 Å². The number of phenols is 1. The van der Waals surface area contributed by atoms with Gasteiger partial charge in [-0.1, -0.05) is 0 Å². The van der Waals surface area contributed by atoms with Crippen LogP contribution < -0.4 is 5.32 Å². The van der Waals surface area contributed by atoms with E-state index in [0.717, 1.165) is 20.8 Å². The van der Waals surface area contributed by atoms with Gasteiger partial charge in [-0.25, -0.2) is 9.37 Å². The third-order valence-corrected chi connectivity index (χ3v) is 5.37. The van der Waals surface area contributed by atoms with Gasteiger partial charge >= 0.3 is 0 Å². The van der Waals surface area contributed by atoms with Gasteiger partial charge in [-0.2, -0.15) is 0 Å². The summed E-state index contributed by atoms with van der Waals surface area (Å²) in [6.45, 7) is -1.05. The van der Waals surface area contributed by atoms with E-state index in [0.29, 0.717) is 5.69 Å². The minimum absolute atomic E-state index is 0.182. The zero-order chi connectivity index (χ0) is 20.3. The van der Waals surface area contributed by atoms with Crippen molar-refractivity contribution in [3.63, 3.8) is 0 Å². The van der Waals surface area contributed by atoms with Crippen LogP contribution in [0.1, 0.15) is 0 Å². The number of hydrogen-bond donors (Lipinski definition) is 6. The number of thiazole rings is 1. The number of anilines is 1. The number of aliphatic hydroxyl groups is 4. The molecule has 4 atom stereocenters. The molecule has 9 heteroatoms. The van der Waals surface area contributed by atoms with Crippen LogP contribution >= 0.6 is 11.3 Å². The number of phenolic OH excluding ortho intramolecular Hbond substituents is 1. The van der Waals surface area contributed by atoms with Gasteiger partial charge < -0.3 is 30.8 Å². The summed E-state index contributed by atoms with van der Waals surface area (Å²) in [6.07, 6.45) is -7.05. The molecule has 3 aromatic rings. The van der Waals surface area contributed by atoms with E-state index in [1.807, 2.05) is 12.1 Å². The second-order valence-corrected chi connectivity index (χ2v) is 7.41. The molecular formula is C19H21FN2O5S. The predicted octanol–water partition coefficient (Wildman–Crippen LogP) is 1.49. The maximum absolute atomic E-state index is 14.0. The molecule has 0 spiro atoms. The van der Waals surface area contributed by atoms with Crippen molar-refractivity contribution in [3.8, 4) is 16.3 Å². The Labute approximate surface area is 164 Å². The molecule has 0 radical (unpaired) electrons. The molecule has 0 aliphatic carbocycles. The Morgan fingerprint density at radius 3 is 2.43 bits per heavy atom. The average Bonchev–Trinajstić information content (AvgIpc) is 3.13. The quantitative estimate of drug-likeness (QED) is 0.333. The van der Waals surface area contributed by atoms with Crippen molar-refractivity contribution in [3.05, 3.63) is 42.5 Å². The summed E-state index contributed by atoms with van der Waals surface area (Å²) in [5.74, 6) is 0.182. The van der Waals surface area contributed by atoms with E-state index >= 15 is 0 Å². The molecule has 1 aromatic heterocycles.